The van der Waals surface area contributed by atoms with Crippen LogP contribution in [0.1, 0.15) is 40.1 Å². The molecule has 2 amide bonds. The molecule has 142 valence electrons. The first-order valence-electron chi connectivity index (χ1n) is 9.40. The standard InChI is InChI=1S/C21H23FN2O2S/c1-14-8-9-27-20(14)21(26)23-12-16-5-3-7-19(25)24(18(16)13-23)11-15-4-2-6-17(22)10-15/h2,4,6,8-10,16,18H,3,5,7,11-13H2,1H3/t16-,18+/m1/s1. The maximum atomic E-state index is 13.6. The van der Waals surface area contributed by atoms with Crippen molar-refractivity contribution in [3.8, 4) is 0 Å². The zero-order valence-corrected chi connectivity index (χ0v) is 16.2. The monoisotopic (exact) mass is 386 g/mol. The number of halogens is 1. The maximum absolute atomic E-state index is 13.6. The van der Waals surface area contributed by atoms with Crippen molar-refractivity contribution in [3.05, 3.63) is 57.5 Å². The number of hydrogen-bond acceptors (Lipinski definition) is 3. The molecule has 0 spiro atoms. The van der Waals surface area contributed by atoms with E-state index in [4.69, 9.17) is 0 Å². The Hall–Kier alpha value is -2.21. The quantitative estimate of drug-likeness (QED) is 0.804. The molecule has 27 heavy (non-hydrogen) atoms. The summed E-state index contributed by atoms with van der Waals surface area (Å²) in [4.78, 5) is 30.2. The van der Waals surface area contributed by atoms with Crippen molar-refractivity contribution in [2.24, 2.45) is 5.92 Å². The van der Waals surface area contributed by atoms with Gasteiger partial charge in [-0.15, -0.1) is 11.3 Å². The zero-order chi connectivity index (χ0) is 19.0. The number of hydrogen-bond donors (Lipinski definition) is 0. The first kappa shape index (κ1) is 18.2. The number of thiophene rings is 1. The fourth-order valence-corrected chi connectivity index (χ4v) is 5.17. The average Bonchev–Trinajstić information content (AvgIpc) is 3.22. The third kappa shape index (κ3) is 3.63. The van der Waals surface area contributed by atoms with E-state index in [1.807, 2.05) is 34.2 Å². The van der Waals surface area contributed by atoms with Crippen molar-refractivity contribution in [2.75, 3.05) is 13.1 Å². The zero-order valence-electron chi connectivity index (χ0n) is 15.4. The average molecular weight is 386 g/mol. The Balaban J connectivity index is 1.56. The van der Waals surface area contributed by atoms with Crippen molar-refractivity contribution in [1.82, 2.24) is 9.80 Å². The summed E-state index contributed by atoms with van der Waals surface area (Å²) in [6, 6.07) is 8.40. The van der Waals surface area contributed by atoms with E-state index in [0.717, 1.165) is 28.8 Å². The van der Waals surface area contributed by atoms with Crippen molar-refractivity contribution < 1.29 is 14.0 Å². The summed E-state index contributed by atoms with van der Waals surface area (Å²) in [7, 11) is 0. The Morgan fingerprint density at radius 1 is 1.30 bits per heavy atom. The van der Waals surface area contributed by atoms with Gasteiger partial charge in [-0.3, -0.25) is 9.59 Å². The second-order valence-corrected chi connectivity index (χ2v) is 8.43. The first-order chi connectivity index (χ1) is 13.0. The van der Waals surface area contributed by atoms with Crippen LogP contribution in [0.25, 0.3) is 0 Å². The molecule has 1 aromatic carbocycles. The largest absolute Gasteiger partial charge is 0.336 e. The van der Waals surface area contributed by atoms with E-state index < -0.39 is 0 Å². The highest BCUT2D eigenvalue weighted by atomic mass is 32.1. The number of fused-ring (bicyclic) bond motifs is 1. The fraction of sp³-hybridized carbons (Fsp3) is 0.429. The smallest absolute Gasteiger partial charge is 0.264 e. The van der Waals surface area contributed by atoms with Crippen LogP contribution in [0, 0.1) is 18.7 Å². The Morgan fingerprint density at radius 2 is 2.15 bits per heavy atom. The number of carbonyl (C=O) groups is 2. The van der Waals surface area contributed by atoms with Crippen LogP contribution in [0.5, 0.6) is 0 Å². The summed E-state index contributed by atoms with van der Waals surface area (Å²) in [6.45, 7) is 3.60. The Morgan fingerprint density at radius 3 is 2.89 bits per heavy atom. The van der Waals surface area contributed by atoms with Gasteiger partial charge in [0.1, 0.15) is 5.82 Å². The highest BCUT2D eigenvalue weighted by Gasteiger charge is 2.42. The van der Waals surface area contributed by atoms with Gasteiger partial charge in [-0.25, -0.2) is 4.39 Å². The molecule has 4 rings (SSSR count). The Labute approximate surface area is 162 Å². The van der Waals surface area contributed by atoms with Crippen LogP contribution >= 0.6 is 11.3 Å². The second kappa shape index (κ2) is 7.43. The van der Waals surface area contributed by atoms with E-state index in [9.17, 15) is 14.0 Å². The number of aryl methyl sites for hydroxylation is 1. The van der Waals surface area contributed by atoms with Gasteiger partial charge in [0.2, 0.25) is 5.91 Å². The number of nitrogens with zero attached hydrogens (tertiary/aromatic N) is 2. The van der Waals surface area contributed by atoms with Crippen LogP contribution in [-0.4, -0.2) is 40.7 Å². The molecule has 3 heterocycles. The number of benzene rings is 1. The van der Waals surface area contributed by atoms with Gasteiger partial charge < -0.3 is 9.80 Å². The third-order valence-corrected chi connectivity index (χ3v) is 6.68. The van der Waals surface area contributed by atoms with Crippen molar-refractivity contribution in [3.63, 3.8) is 0 Å². The van der Waals surface area contributed by atoms with Gasteiger partial charge in [-0.05, 0) is 60.4 Å². The van der Waals surface area contributed by atoms with Gasteiger partial charge in [0.15, 0.2) is 0 Å². The predicted octanol–water partition coefficient (Wildman–Crippen LogP) is 3.85. The van der Waals surface area contributed by atoms with Gasteiger partial charge in [-0.1, -0.05) is 12.1 Å². The van der Waals surface area contributed by atoms with Crippen LogP contribution in [0.3, 0.4) is 0 Å². The number of carbonyl (C=O) groups excluding carboxylic acids is 2. The molecular weight excluding hydrogens is 363 g/mol. The van der Waals surface area contributed by atoms with Gasteiger partial charge in [0, 0.05) is 26.1 Å². The van der Waals surface area contributed by atoms with E-state index in [1.165, 1.54) is 23.5 Å². The van der Waals surface area contributed by atoms with Crippen LogP contribution < -0.4 is 0 Å². The second-order valence-electron chi connectivity index (χ2n) is 7.51. The van der Waals surface area contributed by atoms with Gasteiger partial charge in [-0.2, -0.15) is 0 Å². The molecule has 2 aromatic rings. The van der Waals surface area contributed by atoms with Crippen LogP contribution in [-0.2, 0) is 11.3 Å². The number of rotatable bonds is 3. The van der Waals surface area contributed by atoms with Crippen molar-refractivity contribution in [2.45, 2.75) is 38.8 Å². The summed E-state index contributed by atoms with van der Waals surface area (Å²) in [5, 5.41) is 1.94. The lowest BCUT2D eigenvalue weighted by Gasteiger charge is -2.30. The molecule has 0 N–H and O–H groups in total. The molecule has 0 bridgehead atoms. The van der Waals surface area contributed by atoms with Crippen molar-refractivity contribution >= 4 is 23.2 Å². The van der Waals surface area contributed by atoms with E-state index in [-0.39, 0.29) is 29.6 Å². The van der Waals surface area contributed by atoms with Gasteiger partial charge >= 0.3 is 0 Å². The minimum absolute atomic E-state index is 0.00693. The third-order valence-electron chi connectivity index (χ3n) is 5.68. The van der Waals surface area contributed by atoms with Crippen LogP contribution in [0.4, 0.5) is 4.39 Å². The molecule has 0 aliphatic carbocycles. The molecular formula is C21H23FN2O2S. The summed E-state index contributed by atoms with van der Waals surface area (Å²) in [5.74, 6) is 0.166. The van der Waals surface area contributed by atoms with E-state index in [2.05, 4.69) is 0 Å². The number of likely N-dealkylation sites (tertiary alicyclic amines) is 2. The van der Waals surface area contributed by atoms with Crippen molar-refractivity contribution in [1.29, 1.82) is 0 Å². The lowest BCUT2D eigenvalue weighted by Crippen LogP contribution is -2.43. The highest BCUT2D eigenvalue weighted by Crippen LogP contribution is 2.33. The summed E-state index contributed by atoms with van der Waals surface area (Å²) < 4.78 is 13.6. The minimum atomic E-state index is -0.289. The summed E-state index contributed by atoms with van der Waals surface area (Å²) in [6.07, 6.45) is 2.32. The summed E-state index contributed by atoms with van der Waals surface area (Å²) in [5.41, 5.74) is 1.80. The predicted molar refractivity (Wildman–Crippen MR) is 103 cm³/mol. The van der Waals surface area contributed by atoms with E-state index >= 15 is 0 Å². The molecule has 2 aliphatic heterocycles. The lowest BCUT2D eigenvalue weighted by molar-refractivity contribution is -0.133. The SMILES string of the molecule is Cc1ccsc1C(=O)N1C[C@H]2CCCC(=O)N(Cc3cccc(F)c3)[C@H]2C1. The molecule has 6 heteroatoms. The molecule has 2 saturated heterocycles. The summed E-state index contributed by atoms with van der Waals surface area (Å²) >= 11 is 1.47. The minimum Gasteiger partial charge on any atom is -0.336 e. The molecule has 4 nitrogen and oxygen atoms in total. The van der Waals surface area contributed by atoms with Crippen LogP contribution in [0.15, 0.2) is 35.7 Å². The highest BCUT2D eigenvalue weighted by molar-refractivity contribution is 7.12. The van der Waals surface area contributed by atoms with Crippen LogP contribution in [0.2, 0.25) is 0 Å². The van der Waals surface area contributed by atoms with E-state index in [0.29, 0.717) is 26.1 Å². The Kier molecular flexibility index (Phi) is 5.00. The molecule has 0 radical (unpaired) electrons. The fourth-order valence-electron chi connectivity index (χ4n) is 4.27. The molecule has 1 aromatic heterocycles. The first-order valence-corrected chi connectivity index (χ1v) is 10.3. The van der Waals surface area contributed by atoms with E-state index in [1.54, 1.807) is 6.07 Å². The normalized spacial score (nSPS) is 22.7. The van der Waals surface area contributed by atoms with Gasteiger partial charge in [0.25, 0.3) is 5.91 Å². The molecule has 0 unspecified atom stereocenters. The number of amides is 2. The molecule has 2 fully saturated rings. The van der Waals surface area contributed by atoms with Gasteiger partial charge in [0.05, 0.1) is 10.9 Å². The maximum Gasteiger partial charge on any atom is 0.264 e. The topological polar surface area (TPSA) is 40.6 Å². The molecule has 0 saturated carbocycles. The Bertz CT molecular complexity index is 865. The molecule has 2 atom stereocenters. The lowest BCUT2D eigenvalue weighted by atomic mass is 9.98. The molecule has 2 aliphatic rings.